The number of hydrogen-bond donors (Lipinski definition) is 2. The van der Waals surface area contributed by atoms with E-state index in [-0.39, 0.29) is 17.0 Å². The summed E-state index contributed by atoms with van der Waals surface area (Å²) in [5.41, 5.74) is 5.29. The van der Waals surface area contributed by atoms with Crippen molar-refractivity contribution >= 4 is 9.84 Å². The van der Waals surface area contributed by atoms with Crippen LogP contribution in [0.5, 0.6) is 0 Å². The van der Waals surface area contributed by atoms with Gasteiger partial charge in [0.05, 0.1) is 11.0 Å². The van der Waals surface area contributed by atoms with E-state index in [1.54, 1.807) is 6.92 Å². The summed E-state index contributed by atoms with van der Waals surface area (Å²) < 4.78 is 23.2. The lowest BCUT2D eigenvalue weighted by molar-refractivity contribution is 0.305. The van der Waals surface area contributed by atoms with E-state index in [0.717, 1.165) is 0 Å². The van der Waals surface area contributed by atoms with Crippen LogP contribution in [-0.4, -0.2) is 37.5 Å². The molecule has 0 aromatic heterocycles. The van der Waals surface area contributed by atoms with Crippen molar-refractivity contribution < 1.29 is 8.42 Å². The molecule has 0 aromatic rings. The van der Waals surface area contributed by atoms with Gasteiger partial charge in [0, 0.05) is 18.1 Å². The monoisotopic (exact) mass is 220 g/mol. The van der Waals surface area contributed by atoms with Crippen molar-refractivity contribution in [2.24, 2.45) is 5.73 Å². The van der Waals surface area contributed by atoms with Crippen molar-refractivity contribution in [1.29, 1.82) is 0 Å². The Kier molecular flexibility index (Phi) is 3.23. The Balaban J connectivity index is 2.93. The van der Waals surface area contributed by atoms with E-state index >= 15 is 0 Å². The van der Waals surface area contributed by atoms with Gasteiger partial charge in [-0.15, -0.1) is 0 Å². The van der Waals surface area contributed by atoms with Gasteiger partial charge in [-0.3, -0.25) is 0 Å². The molecule has 14 heavy (non-hydrogen) atoms. The van der Waals surface area contributed by atoms with Crippen LogP contribution in [0.25, 0.3) is 0 Å². The van der Waals surface area contributed by atoms with Crippen molar-refractivity contribution in [2.45, 2.75) is 44.0 Å². The quantitative estimate of drug-likeness (QED) is 0.696. The molecule has 1 fully saturated rings. The van der Waals surface area contributed by atoms with Crippen LogP contribution < -0.4 is 11.1 Å². The Labute approximate surface area is 86.2 Å². The summed E-state index contributed by atoms with van der Waals surface area (Å²) in [5.74, 6) is 0.255. The highest BCUT2D eigenvalue weighted by atomic mass is 32.2. The van der Waals surface area contributed by atoms with Gasteiger partial charge in [-0.05, 0) is 13.3 Å². The zero-order valence-electron chi connectivity index (χ0n) is 9.08. The van der Waals surface area contributed by atoms with Gasteiger partial charge in [-0.2, -0.15) is 0 Å². The maximum Gasteiger partial charge on any atom is 0.154 e. The number of nitrogens with one attached hydrogen (secondary N) is 1. The molecule has 1 rings (SSSR count). The third-order valence-electron chi connectivity index (χ3n) is 3.09. The predicted octanol–water partition coefficient (Wildman–Crippen LogP) is -0.111. The summed E-state index contributed by atoms with van der Waals surface area (Å²) >= 11 is 0. The highest BCUT2D eigenvalue weighted by Gasteiger charge is 2.48. The fourth-order valence-corrected chi connectivity index (χ4v) is 4.11. The van der Waals surface area contributed by atoms with Crippen LogP contribution >= 0.6 is 0 Å². The van der Waals surface area contributed by atoms with Gasteiger partial charge in [0.15, 0.2) is 9.84 Å². The molecule has 0 bridgehead atoms. The lowest BCUT2D eigenvalue weighted by Crippen LogP contribution is -2.58. The summed E-state index contributed by atoms with van der Waals surface area (Å²) in [6.45, 7) is 6.15. The first-order chi connectivity index (χ1) is 6.34. The molecule has 5 heteroatoms. The molecule has 0 spiro atoms. The topological polar surface area (TPSA) is 72.2 Å². The lowest BCUT2D eigenvalue weighted by Gasteiger charge is -2.34. The first-order valence-corrected chi connectivity index (χ1v) is 6.75. The van der Waals surface area contributed by atoms with Gasteiger partial charge < -0.3 is 11.1 Å². The molecular weight excluding hydrogens is 200 g/mol. The summed E-state index contributed by atoms with van der Waals surface area (Å²) in [4.78, 5) is 0. The van der Waals surface area contributed by atoms with E-state index in [4.69, 9.17) is 5.73 Å². The van der Waals surface area contributed by atoms with E-state index in [1.165, 1.54) is 0 Å². The minimum Gasteiger partial charge on any atom is -0.329 e. The molecule has 0 saturated carbocycles. The van der Waals surface area contributed by atoms with Crippen molar-refractivity contribution in [3.8, 4) is 0 Å². The molecule has 0 amide bonds. The fraction of sp³-hybridized carbons (Fsp3) is 1.00. The second-order valence-corrected chi connectivity index (χ2v) is 6.86. The Morgan fingerprint density at radius 2 is 2.14 bits per heavy atom. The van der Waals surface area contributed by atoms with E-state index in [0.29, 0.717) is 13.0 Å². The fourth-order valence-electron chi connectivity index (χ4n) is 2.14. The van der Waals surface area contributed by atoms with Gasteiger partial charge in [0.1, 0.15) is 0 Å². The van der Waals surface area contributed by atoms with Crippen molar-refractivity contribution in [2.75, 3.05) is 12.3 Å². The second kappa shape index (κ2) is 3.79. The standard InChI is InChI=1S/C9H20N2O2S/c1-7(2)11-9(6-10)4-5-14(12,13)8(9)3/h7-8,11H,4-6,10H2,1-3H3. The number of hydrogen-bond acceptors (Lipinski definition) is 4. The highest BCUT2D eigenvalue weighted by Crippen LogP contribution is 2.30. The Morgan fingerprint density at radius 3 is 2.43 bits per heavy atom. The summed E-state index contributed by atoms with van der Waals surface area (Å²) in [6, 6.07) is 0.259. The van der Waals surface area contributed by atoms with Gasteiger partial charge in [-0.25, -0.2) is 8.42 Å². The van der Waals surface area contributed by atoms with Crippen LogP contribution in [0.15, 0.2) is 0 Å². The van der Waals surface area contributed by atoms with E-state index < -0.39 is 15.4 Å². The normalized spacial score (nSPS) is 36.5. The van der Waals surface area contributed by atoms with Crippen LogP contribution in [0, 0.1) is 0 Å². The van der Waals surface area contributed by atoms with Crippen LogP contribution in [-0.2, 0) is 9.84 Å². The summed E-state index contributed by atoms with van der Waals surface area (Å²) in [7, 11) is -2.93. The van der Waals surface area contributed by atoms with E-state index in [2.05, 4.69) is 5.32 Å². The molecule has 1 heterocycles. The molecule has 1 aliphatic rings. The van der Waals surface area contributed by atoms with Crippen LogP contribution in [0.2, 0.25) is 0 Å². The molecule has 2 atom stereocenters. The van der Waals surface area contributed by atoms with Gasteiger partial charge in [0.2, 0.25) is 0 Å². The minimum absolute atomic E-state index is 0.255. The van der Waals surface area contributed by atoms with Crippen molar-refractivity contribution in [3.63, 3.8) is 0 Å². The second-order valence-electron chi connectivity index (χ2n) is 4.42. The van der Waals surface area contributed by atoms with E-state index in [1.807, 2.05) is 13.8 Å². The Morgan fingerprint density at radius 1 is 1.57 bits per heavy atom. The third kappa shape index (κ3) is 1.94. The molecule has 1 saturated heterocycles. The molecular formula is C9H20N2O2S. The summed E-state index contributed by atoms with van der Waals surface area (Å²) in [5, 5.41) is 2.93. The number of rotatable bonds is 3. The van der Waals surface area contributed by atoms with E-state index in [9.17, 15) is 8.42 Å². The number of sulfone groups is 1. The lowest BCUT2D eigenvalue weighted by atomic mass is 9.92. The average Bonchev–Trinajstić information content (AvgIpc) is 2.30. The third-order valence-corrected chi connectivity index (χ3v) is 5.39. The molecule has 0 aliphatic carbocycles. The van der Waals surface area contributed by atoms with Crippen molar-refractivity contribution in [3.05, 3.63) is 0 Å². The smallest absolute Gasteiger partial charge is 0.154 e. The number of nitrogens with two attached hydrogens (primary N) is 1. The molecule has 2 unspecified atom stereocenters. The largest absolute Gasteiger partial charge is 0.329 e. The van der Waals surface area contributed by atoms with Crippen LogP contribution in [0.3, 0.4) is 0 Å². The highest BCUT2D eigenvalue weighted by molar-refractivity contribution is 7.92. The molecule has 0 radical (unpaired) electrons. The van der Waals surface area contributed by atoms with Gasteiger partial charge in [0.25, 0.3) is 0 Å². The first kappa shape index (κ1) is 11.9. The Hall–Kier alpha value is -0.130. The SMILES string of the molecule is CC(C)NC1(CN)CCS(=O)(=O)C1C. The maximum atomic E-state index is 11.6. The first-order valence-electron chi connectivity index (χ1n) is 5.03. The van der Waals surface area contributed by atoms with Crippen molar-refractivity contribution in [1.82, 2.24) is 5.32 Å². The predicted molar refractivity (Wildman–Crippen MR) is 57.9 cm³/mol. The molecule has 1 aliphatic heterocycles. The summed E-state index contributed by atoms with van der Waals surface area (Å²) in [6.07, 6.45) is 0.630. The Bertz CT molecular complexity index is 300. The molecule has 4 nitrogen and oxygen atoms in total. The molecule has 84 valence electrons. The van der Waals surface area contributed by atoms with Crippen LogP contribution in [0.1, 0.15) is 27.2 Å². The maximum absolute atomic E-state index is 11.6. The zero-order chi connectivity index (χ0) is 11.0. The average molecular weight is 220 g/mol. The van der Waals surface area contributed by atoms with Gasteiger partial charge in [-0.1, -0.05) is 13.8 Å². The molecule has 3 N–H and O–H groups in total. The molecule has 0 aromatic carbocycles. The van der Waals surface area contributed by atoms with Crippen LogP contribution in [0.4, 0.5) is 0 Å². The minimum atomic E-state index is -2.93. The zero-order valence-corrected chi connectivity index (χ0v) is 9.89. The van der Waals surface area contributed by atoms with Gasteiger partial charge >= 0.3 is 0 Å².